The van der Waals surface area contributed by atoms with Crippen LogP contribution in [0, 0.1) is 11.8 Å². The van der Waals surface area contributed by atoms with Crippen LogP contribution in [0.5, 0.6) is 0 Å². The molecule has 0 saturated carbocycles. The number of amides is 2. The molecule has 0 saturated heterocycles. The van der Waals surface area contributed by atoms with Crippen molar-refractivity contribution in [2.45, 2.75) is 78.5 Å². The zero-order chi connectivity index (χ0) is 29.0. The number of alkyl carbamates (subject to hydrolysis) is 2. The molecule has 0 fully saturated rings. The topological polar surface area (TPSA) is 89.5 Å². The van der Waals surface area contributed by atoms with Gasteiger partial charge in [-0.1, -0.05) is 0 Å². The quantitative estimate of drug-likeness (QED) is 0.255. The number of fused-ring (bicyclic) bond motifs is 3. The van der Waals surface area contributed by atoms with Gasteiger partial charge in [-0.05, 0) is 0 Å². The molecule has 1 heterocycles. The maximum atomic E-state index is 13.1. The van der Waals surface area contributed by atoms with Crippen LogP contribution in [0.2, 0.25) is 0 Å². The molecule has 7 nitrogen and oxygen atoms in total. The first kappa shape index (κ1) is 29.9. The van der Waals surface area contributed by atoms with Crippen LogP contribution in [0.15, 0.2) is 53.5 Å². The molecule has 3 atom stereocenters. The van der Waals surface area contributed by atoms with Crippen LogP contribution in [0.25, 0.3) is 11.1 Å². The molecular weight excluding hydrogens is 569 g/mol. The molecule has 2 N–H and O–H groups in total. The minimum atomic E-state index is -0.581. The van der Waals surface area contributed by atoms with Gasteiger partial charge in [-0.15, -0.1) is 0 Å². The van der Waals surface area contributed by atoms with Crippen molar-refractivity contribution in [2.24, 2.45) is 11.8 Å². The van der Waals surface area contributed by atoms with E-state index in [1.54, 1.807) is 0 Å². The number of rotatable bonds is 9. The van der Waals surface area contributed by atoms with Crippen LogP contribution in [-0.2, 0) is 9.47 Å². The fraction of sp³-hybridized carbons (Fsp3) is 0.469. The van der Waals surface area contributed by atoms with Crippen molar-refractivity contribution in [3.05, 3.63) is 74.9 Å². The number of nitrogens with one attached hydrogen (secondary N) is 2. The zero-order valence-corrected chi connectivity index (χ0v) is 26.2. The Bertz CT molecular complexity index is 1280. The van der Waals surface area contributed by atoms with Crippen LogP contribution in [-0.4, -0.2) is 43.9 Å². The molecule has 0 aliphatic heterocycles. The zero-order valence-electron chi connectivity index (χ0n) is 24.5. The van der Waals surface area contributed by atoms with Gasteiger partial charge in [0.1, 0.15) is 0 Å². The molecule has 2 aromatic carbocycles. The molecular formula is C32H41N3O4Se. The van der Waals surface area contributed by atoms with E-state index in [0.717, 1.165) is 16.7 Å². The molecule has 1 aliphatic carbocycles. The molecule has 1 aliphatic rings. The molecule has 8 heteroatoms. The predicted molar refractivity (Wildman–Crippen MR) is 159 cm³/mol. The van der Waals surface area contributed by atoms with Gasteiger partial charge in [0.15, 0.2) is 0 Å². The van der Waals surface area contributed by atoms with Gasteiger partial charge in [0, 0.05) is 0 Å². The fourth-order valence-corrected chi connectivity index (χ4v) is 7.23. The molecule has 1 unspecified atom stereocenters. The molecule has 3 aromatic rings. The Morgan fingerprint density at radius 2 is 1.50 bits per heavy atom. The number of ether oxygens (including phenoxy) is 2. The number of carbonyl (C=O) groups is 2. The van der Waals surface area contributed by atoms with Gasteiger partial charge in [-0.25, -0.2) is 0 Å². The number of benzene rings is 2. The van der Waals surface area contributed by atoms with E-state index in [2.05, 4.69) is 53.7 Å². The summed E-state index contributed by atoms with van der Waals surface area (Å²) in [7, 11) is 0. The van der Waals surface area contributed by atoms with Crippen molar-refractivity contribution in [2.75, 3.05) is 6.61 Å². The summed E-state index contributed by atoms with van der Waals surface area (Å²) in [6.07, 6.45) is -0.0207. The predicted octanol–water partition coefficient (Wildman–Crippen LogP) is 6.99. The van der Waals surface area contributed by atoms with E-state index in [1.807, 2.05) is 58.9 Å². The van der Waals surface area contributed by atoms with Gasteiger partial charge in [0.2, 0.25) is 0 Å². The Morgan fingerprint density at radius 3 is 2.05 bits per heavy atom. The first-order chi connectivity index (χ1) is 19.0. The summed E-state index contributed by atoms with van der Waals surface area (Å²) in [6.45, 7) is 14.1. The Balaban J connectivity index is 1.46. The molecule has 214 valence electrons. The fourth-order valence-electron chi connectivity index (χ4n) is 5.05. The van der Waals surface area contributed by atoms with Crippen molar-refractivity contribution in [1.29, 1.82) is 0 Å². The second-order valence-corrected chi connectivity index (χ2v) is 13.7. The first-order valence-electron chi connectivity index (χ1n) is 14.0. The number of hydrogen-bond donors (Lipinski definition) is 2. The number of nitrogens with zero attached hydrogens (tertiary/aromatic N) is 1. The van der Waals surface area contributed by atoms with Crippen LogP contribution in [0.4, 0.5) is 9.59 Å². The van der Waals surface area contributed by atoms with E-state index in [4.69, 9.17) is 14.5 Å². The van der Waals surface area contributed by atoms with E-state index < -0.39 is 17.8 Å². The molecule has 1 aromatic heterocycles. The molecule has 4 rings (SSSR count). The van der Waals surface area contributed by atoms with E-state index in [-0.39, 0.29) is 50.9 Å². The maximum absolute atomic E-state index is 13.1. The monoisotopic (exact) mass is 611 g/mol. The normalized spacial score (nSPS) is 15.1. The van der Waals surface area contributed by atoms with Crippen molar-refractivity contribution in [3.63, 3.8) is 0 Å². The summed E-state index contributed by atoms with van der Waals surface area (Å²) in [5, 5.41) is 6.11. The van der Waals surface area contributed by atoms with Gasteiger partial charge in [0.05, 0.1) is 0 Å². The van der Waals surface area contributed by atoms with Gasteiger partial charge in [-0.3, -0.25) is 0 Å². The minimum absolute atomic E-state index is 0.00670. The average molecular weight is 611 g/mol. The summed E-state index contributed by atoms with van der Waals surface area (Å²) >= 11 is -0.0528. The second-order valence-electron chi connectivity index (χ2n) is 11.8. The van der Waals surface area contributed by atoms with Crippen LogP contribution in [0.3, 0.4) is 0 Å². The van der Waals surface area contributed by atoms with Crippen LogP contribution in [0.1, 0.15) is 94.3 Å². The standard InChI is InChI=1S/C32H41N3O4Se/c1-8-20(4)28(29-33-26(18-40-29)27(19(2)3)34-31(37)39-32(5,6)7)35-30(36)38-17-25-23-15-11-9-13-21(23)22-14-10-12-16-24(22)25/h9-16,18-20,25,27-28H,8,17H2,1-7H3,(H,34,37)(H,35,36)/t20?,27-,28-/m0/s1. The second kappa shape index (κ2) is 12.6. The SMILES string of the molecule is CCC(C)[C@H](NC(=O)OCC1c2ccccc2-c2ccccc21)c1nc([C@@H](NC(=O)OC(C)(C)C)C(C)C)c[se]1. The van der Waals surface area contributed by atoms with Crippen LogP contribution < -0.4 is 10.6 Å². The van der Waals surface area contributed by atoms with Crippen molar-refractivity contribution in [1.82, 2.24) is 15.6 Å². The average Bonchev–Trinajstić information content (AvgIpc) is 3.51. The van der Waals surface area contributed by atoms with Gasteiger partial charge >= 0.3 is 244 Å². The molecule has 0 radical (unpaired) electrons. The number of carbonyl (C=O) groups excluding carboxylic acids is 2. The van der Waals surface area contributed by atoms with Crippen molar-refractivity contribution < 1.29 is 19.1 Å². The van der Waals surface area contributed by atoms with E-state index in [0.29, 0.717) is 0 Å². The summed E-state index contributed by atoms with van der Waals surface area (Å²) in [5.41, 5.74) is 5.01. The van der Waals surface area contributed by atoms with E-state index >= 15 is 0 Å². The molecule has 0 spiro atoms. The first-order valence-corrected chi connectivity index (χ1v) is 15.9. The molecule has 2 amide bonds. The Kier molecular flexibility index (Phi) is 9.42. The Morgan fingerprint density at radius 1 is 0.925 bits per heavy atom. The number of hydrogen-bond acceptors (Lipinski definition) is 5. The van der Waals surface area contributed by atoms with Crippen molar-refractivity contribution >= 4 is 26.7 Å². The van der Waals surface area contributed by atoms with Gasteiger partial charge in [0.25, 0.3) is 0 Å². The molecule has 0 bridgehead atoms. The van der Waals surface area contributed by atoms with Crippen molar-refractivity contribution in [3.8, 4) is 11.1 Å². The number of aromatic nitrogens is 1. The van der Waals surface area contributed by atoms with Crippen LogP contribution >= 0.6 is 0 Å². The van der Waals surface area contributed by atoms with Gasteiger partial charge in [-0.2, -0.15) is 0 Å². The van der Waals surface area contributed by atoms with E-state index in [1.165, 1.54) is 22.3 Å². The summed E-state index contributed by atoms with van der Waals surface area (Å²) < 4.78 is 12.3. The third-order valence-electron chi connectivity index (χ3n) is 7.29. The third-order valence-corrected chi connectivity index (χ3v) is 9.28. The Hall–Kier alpha value is -3.09. The van der Waals surface area contributed by atoms with E-state index in [9.17, 15) is 9.59 Å². The summed E-state index contributed by atoms with van der Waals surface area (Å²) in [5.74, 6) is 0.298. The summed E-state index contributed by atoms with van der Waals surface area (Å²) in [6, 6.07) is 16.1. The van der Waals surface area contributed by atoms with Gasteiger partial charge < -0.3 is 0 Å². The third kappa shape index (κ3) is 6.97. The summed E-state index contributed by atoms with van der Waals surface area (Å²) in [4.78, 5) is 32.7. The molecule has 40 heavy (non-hydrogen) atoms. The Labute approximate surface area is 243 Å².